The minimum absolute atomic E-state index is 0.108. The van der Waals surface area contributed by atoms with Gasteiger partial charge in [0.2, 0.25) is 0 Å². The van der Waals surface area contributed by atoms with E-state index in [0.717, 1.165) is 5.69 Å². The molecule has 0 saturated carbocycles. The predicted octanol–water partition coefficient (Wildman–Crippen LogP) is 1.44. The third-order valence-corrected chi connectivity index (χ3v) is 2.10. The van der Waals surface area contributed by atoms with E-state index in [4.69, 9.17) is 10.4 Å². The summed E-state index contributed by atoms with van der Waals surface area (Å²) in [5, 5.41) is 20.8. The van der Waals surface area contributed by atoms with Gasteiger partial charge in [-0.15, -0.1) is 0 Å². The molecule has 0 spiro atoms. The molecule has 2 N–H and O–H groups in total. The summed E-state index contributed by atoms with van der Waals surface area (Å²) in [5.41, 5.74) is 1.40. The molecule has 0 bridgehead atoms. The van der Waals surface area contributed by atoms with Gasteiger partial charge in [0.25, 0.3) is 0 Å². The number of aliphatic hydroxyl groups is 1. The van der Waals surface area contributed by atoms with Gasteiger partial charge in [0.05, 0.1) is 5.56 Å². The Morgan fingerprint density at radius 3 is 2.93 bits per heavy atom. The Labute approximate surface area is 89.6 Å². The van der Waals surface area contributed by atoms with Gasteiger partial charge in [-0.25, -0.2) is 4.98 Å². The van der Waals surface area contributed by atoms with Crippen molar-refractivity contribution in [3.05, 3.63) is 23.4 Å². The second kappa shape index (κ2) is 5.32. The molecular formula is C11H15N3O. The van der Waals surface area contributed by atoms with Crippen molar-refractivity contribution in [2.24, 2.45) is 0 Å². The van der Waals surface area contributed by atoms with Crippen molar-refractivity contribution in [1.29, 1.82) is 5.26 Å². The molecule has 1 aromatic rings. The maximum atomic E-state index is 8.87. The largest absolute Gasteiger partial charge is 0.396 e. The maximum absolute atomic E-state index is 8.87. The summed E-state index contributed by atoms with van der Waals surface area (Å²) in [7, 11) is 0. The minimum Gasteiger partial charge on any atom is -0.396 e. The van der Waals surface area contributed by atoms with Crippen LogP contribution in [-0.2, 0) is 0 Å². The molecule has 1 heterocycles. The van der Waals surface area contributed by atoms with Gasteiger partial charge in [0, 0.05) is 18.3 Å². The van der Waals surface area contributed by atoms with Crippen LogP contribution in [0.4, 0.5) is 5.82 Å². The lowest BCUT2D eigenvalue weighted by molar-refractivity contribution is 0.282. The lowest BCUT2D eigenvalue weighted by Crippen LogP contribution is -2.18. The zero-order chi connectivity index (χ0) is 11.3. The zero-order valence-corrected chi connectivity index (χ0v) is 8.99. The quantitative estimate of drug-likeness (QED) is 0.780. The number of aryl methyl sites for hydroxylation is 1. The van der Waals surface area contributed by atoms with E-state index in [1.165, 1.54) is 0 Å². The standard InChI is InChI=1S/C11H15N3O/c1-8-3-4-10(7-12)11(13-8)14-9(2)5-6-15/h3-4,9,15H,5-6H2,1-2H3,(H,13,14). The highest BCUT2D eigenvalue weighted by Gasteiger charge is 2.07. The van der Waals surface area contributed by atoms with Crippen LogP contribution in [0, 0.1) is 18.3 Å². The number of pyridine rings is 1. The van der Waals surface area contributed by atoms with Crippen molar-refractivity contribution >= 4 is 5.82 Å². The van der Waals surface area contributed by atoms with Crippen LogP contribution < -0.4 is 5.32 Å². The number of aliphatic hydroxyl groups excluding tert-OH is 1. The number of nitrogens with one attached hydrogen (secondary N) is 1. The summed E-state index contributed by atoms with van der Waals surface area (Å²) in [6, 6.07) is 5.74. The number of rotatable bonds is 4. The highest BCUT2D eigenvalue weighted by atomic mass is 16.3. The molecule has 80 valence electrons. The van der Waals surface area contributed by atoms with E-state index >= 15 is 0 Å². The van der Waals surface area contributed by atoms with Crippen LogP contribution in [0.5, 0.6) is 0 Å². The van der Waals surface area contributed by atoms with Crippen molar-refractivity contribution in [3.63, 3.8) is 0 Å². The second-order valence-corrected chi connectivity index (χ2v) is 3.52. The number of nitriles is 1. The Morgan fingerprint density at radius 1 is 1.60 bits per heavy atom. The first kappa shape index (κ1) is 11.5. The van der Waals surface area contributed by atoms with Crippen LogP contribution in [0.2, 0.25) is 0 Å². The van der Waals surface area contributed by atoms with E-state index in [2.05, 4.69) is 16.4 Å². The number of anilines is 1. The average molecular weight is 205 g/mol. The smallest absolute Gasteiger partial charge is 0.144 e. The Morgan fingerprint density at radius 2 is 2.33 bits per heavy atom. The van der Waals surface area contributed by atoms with Crippen molar-refractivity contribution in [3.8, 4) is 6.07 Å². The van der Waals surface area contributed by atoms with Crippen molar-refractivity contribution in [2.75, 3.05) is 11.9 Å². The molecule has 1 rings (SSSR count). The van der Waals surface area contributed by atoms with Gasteiger partial charge in [-0.1, -0.05) is 0 Å². The normalized spacial score (nSPS) is 11.9. The molecule has 0 saturated heterocycles. The summed E-state index contributed by atoms with van der Waals surface area (Å²) in [6.07, 6.45) is 0.639. The Bertz CT molecular complexity index is 371. The van der Waals surface area contributed by atoms with E-state index in [1.54, 1.807) is 12.1 Å². The second-order valence-electron chi connectivity index (χ2n) is 3.52. The van der Waals surface area contributed by atoms with Crippen LogP contribution in [0.1, 0.15) is 24.6 Å². The van der Waals surface area contributed by atoms with Crippen LogP contribution in [-0.4, -0.2) is 22.7 Å². The number of nitrogens with zero attached hydrogens (tertiary/aromatic N) is 2. The van der Waals surface area contributed by atoms with Gasteiger partial charge >= 0.3 is 0 Å². The Balaban J connectivity index is 2.83. The van der Waals surface area contributed by atoms with E-state index < -0.39 is 0 Å². The number of aromatic nitrogens is 1. The summed E-state index contributed by atoms with van der Waals surface area (Å²) < 4.78 is 0. The van der Waals surface area contributed by atoms with E-state index in [9.17, 15) is 0 Å². The topological polar surface area (TPSA) is 68.9 Å². The first-order chi connectivity index (χ1) is 7.17. The molecule has 4 nitrogen and oxygen atoms in total. The molecule has 0 aliphatic rings. The van der Waals surface area contributed by atoms with Gasteiger partial charge in [-0.05, 0) is 32.4 Å². The third kappa shape index (κ3) is 3.22. The van der Waals surface area contributed by atoms with Gasteiger partial charge < -0.3 is 10.4 Å². The number of hydrogen-bond donors (Lipinski definition) is 2. The zero-order valence-electron chi connectivity index (χ0n) is 8.99. The Hall–Kier alpha value is -1.60. The summed E-state index contributed by atoms with van der Waals surface area (Å²) in [6.45, 7) is 3.95. The molecule has 1 atom stereocenters. The van der Waals surface area contributed by atoms with Crippen LogP contribution in [0.3, 0.4) is 0 Å². The van der Waals surface area contributed by atoms with Gasteiger partial charge in [-0.2, -0.15) is 5.26 Å². The van der Waals surface area contributed by atoms with Gasteiger partial charge in [0.1, 0.15) is 11.9 Å². The molecule has 4 heteroatoms. The fraction of sp³-hybridized carbons (Fsp3) is 0.455. The fourth-order valence-corrected chi connectivity index (χ4v) is 1.26. The lowest BCUT2D eigenvalue weighted by atomic mass is 10.2. The molecule has 1 unspecified atom stereocenters. The summed E-state index contributed by atoms with van der Waals surface area (Å²) >= 11 is 0. The first-order valence-corrected chi connectivity index (χ1v) is 4.92. The van der Waals surface area contributed by atoms with Crippen molar-refractivity contribution in [2.45, 2.75) is 26.3 Å². The fourth-order valence-electron chi connectivity index (χ4n) is 1.26. The molecule has 15 heavy (non-hydrogen) atoms. The summed E-state index contributed by atoms with van der Waals surface area (Å²) in [5.74, 6) is 0.596. The van der Waals surface area contributed by atoms with Crippen LogP contribution >= 0.6 is 0 Å². The predicted molar refractivity (Wildman–Crippen MR) is 58.5 cm³/mol. The van der Waals surface area contributed by atoms with Crippen LogP contribution in [0.15, 0.2) is 12.1 Å². The average Bonchev–Trinajstić information content (AvgIpc) is 2.18. The highest BCUT2D eigenvalue weighted by molar-refractivity contribution is 5.52. The SMILES string of the molecule is Cc1ccc(C#N)c(NC(C)CCO)n1. The molecule has 0 radical (unpaired) electrons. The van der Waals surface area contributed by atoms with Crippen molar-refractivity contribution < 1.29 is 5.11 Å². The monoisotopic (exact) mass is 205 g/mol. The van der Waals surface area contributed by atoms with E-state index in [-0.39, 0.29) is 12.6 Å². The molecule has 0 aromatic carbocycles. The lowest BCUT2D eigenvalue weighted by Gasteiger charge is -2.14. The highest BCUT2D eigenvalue weighted by Crippen LogP contribution is 2.13. The van der Waals surface area contributed by atoms with E-state index in [0.29, 0.717) is 17.8 Å². The van der Waals surface area contributed by atoms with Crippen molar-refractivity contribution in [1.82, 2.24) is 4.98 Å². The molecule has 0 aliphatic carbocycles. The Kier molecular flexibility index (Phi) is 4.07. The molecule has 0 amide bonds. The molecule has 1 aromatic heterocycles. The van der Waals surface area contributed by atoms with Gasteiger partial charge in [-0.3, -0.25) is 0 Å². The molecule has 0 aliphatic heterocycles. The molecular weight excluding hydrogens is 190 g/mol. The molecule has 0 fully saturated rings. The first-order valence-electron chi connectivity index (χ1n) is 4.92. The third-order valence-electron chi connectivity index (χ3n) is 2.10. The summed E-state index contributed by atoms with van der Waals surface area (Å²) in [4.78, 5) is 4.25. The van der Waals surface area contributed by atoms with E-state index in [1.807, 2.05) is 13.8 Å². The maximum Gasteiger partial charge on any atom is 0.144 e. The van der Waals surface area contributed by atoms with Crippen LogP contribution in [0.25, 0.3) is 0 Å². The van der Waals surface area contributed by atoms with Gasteiger partial charge in [0.15, 0.2) is 0 Å². The number of hydrogen-bond acceptors (Lipinski definition) is 4. The minimum atomic E-state index is 0.108.